The first kappa shape index (κ1) is 10.1. The van der Waals surface area contributed by atoms with Gasteiger partial charge >= 0.3 is 6.21 Å². The van der Waals surface area contributed by atoms with Crippen LogP contribution in [0, 0.1) is 5.82 Å². The molecule has 1 rings (SSSR count). The second-order valence-corrected chi connectivity index (χ2v) is 2.45. The summed E-state index contributed by atoms with van der Waals surface area (Å²) in [7, 11) is 1.36. The van der Waals surface area contributed by atoms with E-state index in [9.17, 15) is 9.18 Å². The van der Waals surface area contributed by atoms with Gasteiger partial charge in [-0.1, -0.05) is 0 Å². The minimum Gasteiger partial charge on any atom is -0.496 e. The van der Waals surface area contributed by atoms with Crippen molar-refractivity contribution in [2.75, 3.05) is 7.11 Å². The molecule has 0 aliphatic heterocycles. The molecule has 1 aromatic rings. The van der Waals surface area contributed by atoms with Crippen LogP contribution in [-0.2, 0) is 0 Å². The third kappa shape index (κ3) is 2.02. The number of rotatable bonds is 3. The maximum Gasteiger partial charge on any atom is 0.328 e. The van der Waals surface area contributed by atoms with Crippen LogP contribution in [0.1, 0.15) is 10.4 Å². The third-order valence-corrected chi connectivity index (χ3v) is 1.60. The lowest BCUT2D eigenvalue weighted by Crippen LogP contribution is -2.04. The van der Waals surface area contributed by atoms with E-state index in [0.717, 1.165) is 6.07 Å². The monoisotopic (exact) mass is 194 g/mol. The second kappa shape index (κ2) is 4.30. The molecule has 0 aliphatic carbocycles. The summed E-state index contributed by atoms with van der Waals surface area (Å²) in [6, 6.07) is 3.52. The van der Waals surface area contributed by atoms with Crippen LogP contribution in [0.25, 0.3) is 5.53 Å². The van der Waals surface area contributed by atoms with Crippen LogP contribution in [0.15, 0.2) is 18.2 Å². The molecule has 0 amide bonds. The van der Waals surface area contributed by atoms with Crippen LogP contribution < -0.4 is 4.74 Å². The van der Waals surface area contributed by atoms with Gasteiger partial charge in [-0.05, 0) is 18.2 Å². The van der Waals surface area contributed by atoms with Crippen LogP contribution in [-0.4, -0.2) is 23.9 Å². The minimum atomic E-state index is -0.621. The SMILES string of the molecule is COc1ccc(F)cc1C(=O)C=[N+]=[N-]. The van der Waals surface area contributed by atoms with Crippen LogP contribution in [0.2, 0.25) is 0 Å². The highest BCUT2D eigenvalue weighted by Crippen LogP contribution is 2.18. The molecule has 0 radical (unpaired) electrons. The number of nitrogens with zero attached hydrogens (tertiary/aromatic N) is 2. The number of hydrogen-bond acceptors (Lipinski definition) is 2. The highest BCUT2D eigenvalue weighted by Gasteiger charge is 2.14. The smallest absolute Gasteiger partial charge is 0.328 e. The summed E-state index contributed by atoms with van der Waals surface area (Å²) in [5.41, 5.74) is 8.16. The van der Waals surface area contributed by atoms with Gasteiger partial charge in [0.2, 0.25) is 0 Å². The van der Waals surface area contributed by atoms with E-state index in [4.69, 9.17) is 10.3 Å². The average molecular weight is 194 g/mol. The predicted molar refractivity (Wildman–Crippen MR) is 47.0 cm³/mol. The van der Waals surface area contributed by atoms with Crippen molar-refractivity contribution in [3.63, 3.8) is 0 Å². The number of carbonyl (C=O) groups excluding carboxylic acids is 1. The third-order valence-electron chi connectivity index (χ3n) is 1.60. The van der Waals surface area contributed by atoms with Gasteiger partial charge in [0.15, 0.2) is 0 Å². The molecule has 0 aliphatic rings. The fourth-order valence-electron chi connectivity index (χ4n) is 0.995. The van der Waals surface area contributed by atoms with Crippen molar-refractivity contribution in [2.45, 2.75) is 0 Å². The Morgan fingerprint density at radius 1 is 1.64 bits per heavy atom. The van der Waals surface area contributed by atoms with E-state index >= 15 is 0 Å². The lowest BCUT2D eigenvalue weighted by Gasteiger charge is -2.03. The number of Topliss-reactive ketones (excluding diaryl/α,β-unsaturated/α-hetero) is 1. The molecule has 0 aromatic heterocycles. The topological polar surface area (TPSA) is 62.7 Å². The second-order valence-electron chi connectivity index (χ2n) is 2.45. The molecule has 0 fully saturated rings. The molecular weight excluding hydrogens is 187 g/mol. The molecule has 0 N–H and O–H groups in total. The van der Waals surface area contributed by atoms with Crippen LogP contribution in [0.5, 0.6) is 5.75 Å². The zero-order valence-electron chi connectivity index (χ0n) is 7.40. The lowest BCUT2D eigenvalue weighted by atomic mass is 10.1. The predicted octanol–water partition coefficient (Wildman–Crippen LogP) is 1.32. The first-order chi connectivity index (χ1) is 6.69. The molecule has 0 saturated heterocycles. The Hall–Kier alpha value is -2.00. The minimum absolute atomic E-state index is 0.0188. The molecule has 0 heterocycles. The summed E-state index contributed by atoms with van der Waals surface area (Å²) in [6.45, 7) is 0. The van der Waals surface area contributed by atoms with E-state index in [-0.39, 0.29) is 11.3 Å². The maximum absolute atomic E-state index is 12.8. The molecule has 0 spiro atoms. The average Bonchev–Trinajstić information content (AvgIpc) is 2.18. The van der Waals surface area contributed by atoms with E-state index in [1.807, 2.05) is 0 Å². The number of carbonyl (C=O) groups is 1. The van der Waals surface area contributed by atoms with Gasteiger partial charge < -0.3 is 10.3 Å². The molecule has 0 bridgehead atoms. The van der Waals surface area contributed by atoms with Gasteiger partial charge in [0.1, 0.15) is 11.6 Å². The van der Waals surface area contributed by atoms with Crippen molar-refractivity contribution in [1.82, 2.24) is 0 Å². The summed E-state index contributed by atoms with van der Waals surface area (Å²) in [6.07, 6.45) is 0.678. The highest BCUT2D eigenvalue weighted by atomic mass is 19.1. The van der Waals surface area contributed by atoms with E-state index < -0.39 is 11.6 Å². The first-order valence-electron chi connectivity index (χ1n) is 3.74. The van der Waals surface area contributed by atoms with Gasteiger partial charge in [0, 0.05) is 0 Å². The zero-order chi connectivity index (χ0) is 10.6. The zero-order valence-corrected chi connectivity index (χ0v) is 7.40. The summed E-state index contributed by atoms with van der Waals surface area (Å²) in [5, 5.41) is 0. The molecule has 5 heteroatoms. The number of hydrogen-bond donors (Lipinski definition) is 0. The highest BCUT2D eigenvalue weighted by molar-refractivity contribution is 6.34. The van der Waals surface area contributed by atoms with Gasteiger partial charge in [0.25, 0.3) is 5.78 Å². The summed E-state index contributed by atoms with van der Waals surface area (Å²) < 4.78 is 17.6. The molecule has 4 nitrogen and oxygen atoms in total. The van der Waals surface area contributed by atoms with E-state index in [1.54, 1.807) is 0 Å². The maximum atomic E-state index is 12.8. The quantitative estimate of drug-likeness (QED) is 0.315. The molecule has 1 aromatic carbocycles. The van der Waals surface area contributed by atoms with Gasteiger partial charge in [-0.3, -0.25) is 4.79 Å². The molecule has 14 heavy (non-hydrogen) atoms. The van der Waals surface area contributed by atoms with E-state index in [1.165, 1.54) is 19.2 Å². The lowest BCUT2D eigenvalue weighted by molar-refractivity contribution is 0.00231. The standard InChI is InChI=1S/C9H7FN2O2/c1-14-9-3-2-6(10)4-7(9)8(13)5-12-11/h2-5H,1H3. The number of ether oxygens (including phenoxy) is 1. The van der Waals surface area contributed by atoms with Crippen molar-refractivity contribution in [2.24, 2.45) is 0 Å². The Bertz CT molecular complexity index is 411. The Morgan fingerprint density at radius 3 is 2.93 bits per heavy atom. The largest absolute Gasteiger partial charge is 0.496 e. The van der Waals surface area contributed by atoms with Crippen molar-refractivity contribution in [3.8, 4) is 5.75 Å². The Labute approximate surface area is 79.5 Å². The van der Waals surface area contributed by atoms with Gasteiger partial charge in [-0.2, -0.15) is 4.79 Å². The normalized spacial score (nSPS) is 9.00. The summed E-state index contributed by atoms with van der Waals surface area (Å²) in [5.74, 6) is -0.944. The van der Waals surface area contributed by atoms with Crippen LogP contribution >= 0.6 is 0 Å². The number of benzene rings is 1. The number of halogens is 1. The molecular formula is C9H7FN2O2. The van der Waals surface area contributed by atoms with E-state index in [2.05, 4.69) is 4.79 Å². The van der Waals surface area contributed by atoms with Gasteiger partial charge in [0.05, 0.1) is 12.7 Å². The van der Waals surface area contributed by atoms with Crippen molar-refractivity contribution >= 4 is 12.0 Å². The van der Waals surface area contributed by atoms with Gasteiger partial charge in [-0.25, -0.2) is 4.39 Å². The Balaban J connectivity index is 3.23. The number of methoxy groups -OCH3 is 1. The van der Waals surface area contributed by atoms with Crippen molar-refractivity contribution in [3.05, 3.63) is 35.1 Å². The van der Waals surface area contributed by atoms with Gasteiger partial charge in [-0.15, -0.1) is 0 Å². The fourth-order valence-corrected chi connectivity index (χ4v) is 0.995. The summed E-state index contributed by atoms with van der Waals surface area (Å²) in [4.78, 5) is 13.8. The van der Waals surface area contributed by atoms with E-state index in [0.29, 0.717) is 6.21 Å². The Kier molecular flexibility index (Phi) is 3.09. The molecule has 0 unspecified atom stereocenters. The molecule has 0 saturated carbocycles. The first-order valence-corrected chi connectivity index (χ1v) is 3.74. The van der Waals surface area contributed by atoms with Crippen LogP contribution in [0.4, 0.5) is 4.39 Å². The molecule has 0 atom stereocenters. The molecule has 72 valence electrons. The number of ketones is 1. The van der Waals surface area contributed by atoms with Crippen molar-refractivity contribution in [1.29, 1.82) is 0 Å². The van der Waals surface area contributed by atoms with Crippen LogP contribution in [0.3, 0.4) is 0 Å². The van der Waals surface area contributed by atoms with Crippen molar-refractivity contribution < 1.29 is 18.7 Å². The summed E-state index contributed by atoms with van der Waals surface area (Å²) >= 11 is 0. The fraction of sp³-hybridized carbons (Fsp3) is 0.111. The Morgan fingerprint density at radius 2 is 2.36 bits per heavy atom.